The van der Waals surface area contributed by atoms with Crippen LogP contribution in [0.15, 0.2) is 27.8 Å². The molecule has 1 amide bonds. The standard InChI is InChI=1S/C19H25N3O3S/c1-13-7-6-8-14(2)18(13)24-11-17-21-22-19(25-17)26-12-16(23)20-15-9-4-3-5-10-15/h6-8,15H,3-5,9-12H2,1-2H3,(H,20,23). The second kappa shape index (κ2) is 9.07. The van der Waals surface area contributed by atoms with Gasteiger partial charge in [0, 0.05) is 6.04 Å². The fraction of sp³-hybridized carbons (Fsp3) is 0.526. The number of nitrogens with one attached hydrogen (secondary N) is 1. The van der Waals surface area contributed by atoms with Crippen molar-refractivity contribution >= 4 is 17.7 Å². The molecule has 0 atom stereocenters. The Morgan fingerprint density at radius 3 is 2.69 bits per heavy atom. The van der Waals surface area contributed by atoms with Crippen molar-refractivity contribution in [1.82, 2.24) is 15.5 Å². The van der Waals surface area contributed by atoms with Gasteiger partial charge in [-0.15, -0.1) is 10.2 Å². The number of thioether (sulfide) groups is 1. The lowest BCUT2D eigenvalue weighted by atomic mass is 9.95. The molecule has 1 aromatic carbocycles. The van der Waals surface area contributed by atoms with Crippen LogP contribution < -0.4 is 10.1 Å². The zero-order valence-electron chi connectivity index (χ0n) is 15.3. The summed E-state index contributed by atoms with van der Waals surface area (Å²) in [7, 11) is 0. The van der Waals surface area contributed by atoms with E-state index in [4.69, 9.17) is 9.15 Å². The summed E-state index contributed by atoms with van der Waals surface area (Å²) in [4.78, 5) is 12.0. The molecule has 0 saturated heterocycles. The van der Waals surface area contributed by atoms with Crippen LogP contribution >= 0.6 is 11.8 Å². The quantitative estimate of drug-likeness (QED) is 0.742. The zero-order chi connectivity index (χ0) is 18.4. The van der Waals surface area contributed by atoms with Gasteiger partial charge in [0.1, 0.15) is 5.75 Å². The Labute approximate surface area is 158 Å². The van der Waals surface area contributed by atoms with Gasteiger partial charge in [0.2, 0.25) is 5.91 Å². The molecule has 0 aliphatic heterocycles. The highest BCUT2D eigenvalue weighted by molar-refractivity contribution is 7.99. The van der Waals surface area contributed by atoms with E-state index in [2.05, 4.69) is 15.5 Å². The molecular formula is C19H25N3O3S. The van der Waals surface area contributed by atoms with E-state index in [0.29, 0.717) is 17.2 Å². The first-order valence-electron chi connectivity index (χ1n) is 9.05. The van der Waals surface area contributed by atoms with Crippen LogP contribution in [0.5, 0.6) is 5.75 Å². The Morgan fingerprint density at radius 1 is 1.23 bits per heavy atom. The third-order valence-corrected chi connectivity index (χ3v) is 5.31. The number of para-hydroxylation sites is 1. The van der Waals surface area contributed by atoms with Crippen LogP contribution in [0, 0.1) is 13.8 Å². The van der Waals surface area contributed by atoms with Gasteiger partial charge >= 0.3 is 0 Å². The Balaban J connectivity index is 1.45. The topological polar surface area (TPSA) is 77.2 Å². The van der Waals surface area contributed by atoms with Crippen LogP contribution in [0.1, 0.15) is 49.1 Å². The molecule has 0 spiro atoms. The summed E-state index contributed by atoms with van der Waals surface area (Å²) in [5.41, 5.74) is 2.14. The van der Waals surface area contributed by atoms with Crippen molar-refractivity contribution in [3.05, 3.63) is 35.2 Å². The number of benzene rings is 1. The molecule has 2 aromatic rings. The van der Waals surface area contributed by atoms with Gasteiger partial charge in [0.05, 0.1) is 5.75 Å². The smallest absolute Gasteiger partial charge is 0.277 e. The average molecular weight is 375 g/mol. The van der Waals surface area contributed by atoms with E-state index in [-0.39, 0.29) is 18.3 Å². The first kappa shape index (κ1) is 18.8. The number of carbonyl (C=O) groups is 1. The average Bonchev–Trinajstić information content (AvgIpc) is 3.08. The van der Waals surface area contributed by atoms with Gasteiger partial charge in [-0.05, 0) is 37.8 Å². The van der Waals surface area contributed by atoms with Crippen molar-refractivity contribution in [1.29, 1.82) is 0 Å². The maximum atomic E-state index is 12.0. The van der Waals surface area contributed by atoms with Crippen LogP contribution in [0.2, 0.25) is 0 Å². The number of amides is 1. The first-order valence-corrected chi connectivity index (χ1v) is 10.0. The molecule has 1 heterocycles. The summed E-state index contributed by atoms with van der Waals surface area (Å²) < 4.78 is 11.4. The lowest BCUT2D eigenvalue weighted by Gasteiger charge is -2.22. The maximum absolute atomic E-state index is 12.0. The lowest BCUT2D eigenvalue weighted by Crippen LogP contribution is -2.37. The molecule has 3 rings (SSSR count). The van der Waals surface area contributed by atoms with Crippen LogP contribution in [0.4, 0.5) is 0 Å². The molecular weight excluding hydrogens is 350 g/mol. The molecule has 26 heavy (non-hydrogen) atoms. The summed E-state index contributed by atoms with van der Waals surface area (Å²) in [5, 5.41) is 11.4. The van der Waals surface area contributed by atoms with E-state index in [1.54, 1.807) is 0 Å². The van der Waals surface area contributed by atoms with Gasteiger partial charge in [-0.2, -0.15) is 0 Å². The SMILES string of the molecule is Cc1cccc(C)c1OCc1nnc(SCC(=O)NC2CCCCC2)o1. The Morgan fingerprint density at radius 2 is 1.96 bits per heavy atom. The van der Waals surface area contributed by atoms with Gasteiger partial charge in [-0.3, -0.25) is 4.79 Å². The van der Waals surface area contributed by atoms with Gasteiger partial charge < -0.3 is 14.5 Å². The summed E-state index contributed by atoms with van der Waals surface area (Å²) in [6, 6.07) is 6.32. The van der Waals surface area contributed by atoms with Gasteiger partial charge in [-0.25, -0.2) is 0 Å². The predicted octanol–water partition coefficient (Wildman–Crippen LogP) is 3.81. The molecule has 6 nitrogen and oxygen atoms in total. The third kappa shape index (κ3) is 5.24. The fourth-order valence-electron chi connectivity index (χ4n) is 3.16. The molecule has 140 valence electrons. The van der Waals surface area contributed by atoms with E-state index in [0.717, 1.165) is 29.7 Å². The lowest BCUT2D eigenvalue weighted by molar-refractivity contribution is -0.119. The van der Waals surface area contributed by atoms with E-state index in [1.807, 2.05) is 32.0 Å². The molecule has 7 heteroatoms. The van der Waals surface area contributed by atoms with Crippen LogP contribution in [0.3, 0.4) is 0 Å². The molecule has 1 aliphatic carbocycles. The summed E-state index contributed by atoms with van der Waals surface area (Å²) in [5.74, 6) is 1.55. The van der Waals surface area contributed by atoms with Crippen LogP contribution in [-0.2, 0) is 11.4 Å². The summed E-state index contributed by atoms with van der Waals surface area (Å²) in [6.07, 6.45) is 5.83. The normalized spacial score (nSPS) is 15.0. The van der Waals surface area contributed by atoms with Crippen molar-refractivity contribution in [2.24, 2.45) is 0 Å². The Kier molecular flexibility index (Phi) is 6.55. The molecule has 1 saturated carbocycles. The molecule has 1 N–H and O–H groups in total. The molecule has 0 unspecified atom stereocenters. The van der Waals surface area contributed by atoms with Gasteiger partial charge in [-0.1, -0.05) is 49.2 Å². The third-order valence-electron chi connectivity index (χ3n) is 4.49. The monoisotopic (exact) mass is 375 g/mol. The number of hydrogen-bond donors (Lipinski definition) is 1. The molecule has 0 bridgehead atoms. The number of nitrogens with zero attached hydrogens (tertiary/aromatic N) is 2. The molecule has 1 fully saturated rings. The van der Waals surface area contributed by atoms with E-state index < -0.39 is 0 Å². The number of aromatic nitrogens is 2. The highest BCUT2D eigenvalue weighted by Crippen LogP contribution is 2.24. The van der Waals surface area contributed by atoms with E-state index >= 15 is 0 Å². The number of hydrogen-bond acceptors (Lipinski definition) is 6. The number of ether oxygens (including phenoxy) is 1. The Hall–Kier alpha value is -2.02. The van der Waals surface area contributed by atoms with E-state index in [1.165, 1.54) is 31.0 Å². The number of rotatable bonds is 7. The second-order valence-electron chi connectivity index (χ2n) is 6.66. The highest BCUT2D eigenvalue weighted by Gasteiger charge is 2.17. The summed E-state index contributed by atoms with van der Waals surface area (Å²) >= 11 is 1.26. The fourth-order valence-corrected chi connectivity index (χ4v) is 3.75. The molecule has 1 aromatic heterocycles. The van der Waals surface area contributed by atoms with E-state index in [9.17, 15) is 4.79 Å². The van der Waals surface area contributed by atoms with Crippen molar-refractivity contribution in [3.63, 3.8) is 0 Å². The highest BCUT2D eigenvalue weighted by atomic mass is 32.2. The predicted molar refractivity (Wildman–Crippen MR) is 100 cm³/mol. The van der Waals surface area contributed by atoms with Crippen LogP contribution in [-0.4, -0.2) is 27.9 Å². The number of carbonyl (C=O) groups excluding carboxylic acids is 1. The maximum Gasteiger partial charge on any atom is 0.277 e. The molecule has 0 radical (unpaired) electrons. The van der Waals surface area contributed by atoms with Crippen molar-refractivity contribution in [2.45, 2.75) is 63.8 Å². The van der Waals surface area contributed by atoms with Crippen molar-refractivity contribution in [3.8, 4) is 5.75 Å². The van der Waals surface area contributed by atoms with Crippen molar-refractivity contribution < 1.29 is 13.9 Å². The van der Waals surface area contributed by atoms with Crippen molar-refractivity contribution in [2.75, 3.05) is 5.75 Å². The number of aryl methyl sites for hydroxylation is 2. The van der Waals surface area contributed by atoms with Gasteiger partial charge in [0.15, 0.2) is 6.61 Å². The Bertz CT molecular complexity index is 721. The minimum atomic E-state index is 0.0217. The minimum absolute atomic E-state index is 0.0217. The summed E-state index contributed by atoms with van der Waals surface area (Å²) in [6.45, 7) is 4.22. The second-order valence-corrected chi connectivity index (χ2v) is 7.59. The first-order chi connectivity index (χ1) is 12.6. The van der Waals surface area contributed by atoms with Gasteiger partial charge in [0.25, 0.3) is 11.1 Å². The largest absolute Gasteiger partial charge is 0.483 e. The van der Waals surface area contributed by atoms with Crippen LogP contribution in [0.25, 0.3) is 0 Å². The molecule has 1 aliphatic rings. The zero-order valence-corrected chi connectivity index (χ0v) is 16.1. The minimum Gasteiger partial charge on any atom is -0.483 e.